The molecule has 1 fully saturated rings. The van der Waals surface area contributed by atoms with Crippen LogP contribution in [0.25, 0.3) is 11.4 Å². The zero-order valence-corrected chi connectivity index (χ0v) is 16.1. The van der Waals surface area contributed by atoms with Crippen molar-refractivity contribution in [2.24, 2.45) is 0 Å². The first kappa shape index (κ1) is 20.5. The smallest absolute Gasteiger partial charge is 0.284 e. The van der Waals surface area contributed by atoms with Crippen molar-refractivity contribution in [3.8, 4) is 23.3 Å². The van der Waals surface area contributed by atoms with E-state index in [0.717, 1.165) is 0 Å². The highest BCUT2D eigenvalue weighted by Gasteiger charge is 2.27. The number of nitrogens with one attached hydrogen (secondary N) is 2. The fourth-order valence-electron chi connectivity index (χ4n) is 2.44. The average Bonchev–Trinajstić information content (AvgIpc) is 2.63. The molecule has 0 radical (unpaired) electrons. The second-order valence-electron chi connectivity index (χ2n) is 7.24. The number of amides is 1. The van der Waals surface area contributed by atoms with E-state index >= 15 is 0 Å². The lowest BCUT2D eigenvalue weighted by Gasteiger charge is -2.28. The summed E-state index contributed by atoms with van der Waals surface area (Å²) in [7, 11) is 0. The molecule has 1 aromatic carbocycles. The van der Waals surface area contributed by atoms with Gasteiger partial charge in [0.1, 0.15) is 24.1 Å². The van der Waals surface area contributed by atoms with Crippen molar-refractivity contribution < 1.29 is 19.5 Å². The summed E-state index contributed by atoms with van der Waals surface area (Å²) in [4.78, 5) is 26.2. The van der Waals surface area contributed by atoms with Crippen LogP contribution < -0.4 is 21.3 Å². The number of anilines is 1. The second-order valence-corrected chi connectivity index (χ2v) is 7.24. The number of rotatable bonds is 7. The number of carbonyl (C=O) groups is 1. The first-order valence-corrected chi connectivity index (χ1v) is 8.97. The molecule has 2 heterocycles. The standard InChI is InChI=1S/C19H22N6O4/c1-19(2,27)10-28-25-17(26)14-15(21)23-16(12-5-3-4-11(6-12)7-20)24-18(14)29-13-8-22-9-13/h3-6,13,22,27H,8-10H2,1-2H3,(H,25,26)(H2,21,23,24). The molecule has 3 rings (SSSR count). The normalized spacial score (nSPS) is 14.0. The monoisotopic (exact) mass is 398 g/mol. The Bertz CT molecular complexity index is 947. The lowest BCUT2D eigenvalue weighted by atomic mass is 10.1. The van der Waals surface area contributed by atoms with E-state index in [2.05, 4.69) is 26.8 Å². The van der Waals surface area contributed by atoms with Crippen LogP contribution in [0.5, 0.6) is 5.88 Å². The Kier molecular flexibility index (Phi) is 5.93. The summed E-state index contributed by atoms with van der Waals surface area (Å²) >= 11 is 0. The summed E-state index contributed by atoms with van der Waals surface area (Å²) in [6, 6.07) is 8.77. The molecule has 0 saturated carbocycles. The van der Waals surface area contributed by atoms with Crippen molar-refractivity contribution in [1.29, 1.82) is 5.26 Å². The molecule has 29 heavy (non-hydrogen) atoms. The molecule has 1 aliphatic heterocycles. The zero-order valence-electron chi connectivity index (χ0n) is 16.1. The summed E-state index contributed by atoms with van der Waals surface area (Å²) < 4.78 is 5.82. The number of hydroxylamine groups is 1. The molecule has 1 aliphatic rings. The summed E-state index contributed by atoms with van der Waals surface area (Å²) in [6.07, 6.45) is -0.161. The first-order chi connectivity index (χ1) is 13.8. The molecular weight excluding hydrogens is 376 g/mol. The summed E-state index contributed by atoms with van der Waals surface area (Å²) in [5.41, 5.74) is 8.10. The van der Waals surface area contributed by atoms with Crippen LogP contribution in [0.2, 0.25) is 0 Å². The maximum Gasteiger partial charge on any atom is 0.284 e. The Morgan fingerprint density at radius 1 is 1.45 bits per heavy atom. The van der Waals surface area contributed by atoms with E-state index in [1.807, 2.05) is 0 Å². The molecule has 1 aromatic heterocycles. The largest absolute Gasteiger partial charge is 0.471 e. The summed E-state index contributed by atoms with van der Waals surface area (Å²) in [5.74, 6) is -0.531. The quantitative estimate of drug-likeness (QED) is 0.484. The third kappa shape index (κ3) is 5.17. The first-order valence-electron chi connectivity index (χ1n) is 8.97. The van der Waals surface area contributed by atoms with Crippen molar-refractivity contribution in [1.82, 2.24) is 20.8 Å². The number of nitrogens with two attached hydrogens (primary N) is 1. The zero-order chi connectivity index (χ0) is 21.0. The number of nitriles is 1. The van der Waals surface area contributed by atoms with Crippen LogP contribution in [0, 0.1) is 11.3 Å². The maximum atomic E-state index is 12.6. The lowest BCUT2D eigenvalue weighted by molar-refractivity contribution is -0.0523. The van der Waals surface area contributed by atoms with Gasteiger partial charge >= 0.3 is 0 Å². The highest BCUT2D eigenvalue weighted by Crippen LogP contribution is 2.27. The SMILES string of the molecule is CC(C)(O)CONC(=O)c1c(N)nc(-c2cccc(C#N)c2)nc1OC1CNC1. The average molecular weight is 398 g/mol. The minimum absolute atomic E-state index is 0.0192. The molecule has 1 saturated heterocycles. The lowest BCUT2D eigenvalue weighted by Crippen LogP contribution is -2.50. The van der Waals surface area contributed by atoms with Crippen LogP contribution in [0.3, 0.4) is 0 Å². The van der Waals surface area contributed by atoms with E-state index in [4.69, 9.17) is 20.6 Å². The number of carbonyl (C=O) groups excluding carboxylic acids is 1. The number of benzene rings is 1. The van der Waals surface area contributed by atoms with Crippen LogP contribution >= 0.6 is 0 Å². The van der Waals surface area contributed by atoms with E-state index in [0.29, 0.717) is 24.2 Å². The Balaban J connectivity index is 1.92. The predicted molar refractivity (Wildman–Crippen MR) is 104 cm³/mol. The predicted octanol–water partition coefficient (Wildman–Crippen LogP) is 0.380. The van der Waals surface area contributed by atoms with Gasteiger partial charge < -0.3 is 20.9 Å². The van der Waals surface area contributed by atoms with Gasteiger partial charge in [-0.05, 0) is 26.0 Å². The minimum Gasteiger partial charge on any atom is -0.471 e. The number of hydrogen-bond acceptors (Lipinski definition) is 9. The maximum absolute atomic E-state index is 12.6. The van der Waals surface area contributed by atoms with Gasteiger partial charge in [0.15, 0.2) is 5.82 Å². The molecule has 0 bridgehead atoms. The number of nitrogen functional groups attached to an aromatic ring is 1. The van der Waals surface area contributed by atoms with E-state index in [1.165, 1.54) is 0 Å². The third-order valence-electron chi connectivity index (χ3n) is 3.99. The van der Waals surface area contributed by atoms with Gasteiger partial charge in [-0.1, -0.05) is 12.1 Å². The van der Waals surface area contributed by atoms with Crippen molar-refractivity contribution in [3.63, 3.8) is 0 Å². The molecule has 0 spiro atoms. The minimum atomic E-state index is -1.12. The third-order valence-corrected chi connectivity index (χ3v) is 3.99. The van der Waals surface area contributed by atoms with Gasteiger partial charge in [-0.25, -0.2) is 10.5 Å². The Labute approximate surface area is 167 Å². The number of hydrogen-bond donors (Lipinski definition) is 4. The van der Waals surface area contributed by atoms with Crippen molar-refractivity contribution in [2.75, 3.05) is 25.4 Å². The van der Waals surface area contributed by atoms with Gasteiger partial charge in [0.25, 0.3) is 5.91 Å². The molecule has 152 valence electrons. The van der Waals surface area contributed by atoms with Crippen molar-refractivity contribution in [2.45, 2.75) is 25.6 Å². The molecule has 1 amide bonds. The fraction of sp³-hybridized carbons (Fsp3) is 0.368. The fourth-order valence-corrected chi connectivity index (χ4v) is 2.44. The molecule has 0 atom stereocenters. The van der Waals surface area contributed by atoms with Crippen LogP contribution in [0.15, 0.2) is 24.3 Å². The number of aliphatic hydroxyl groups is 1. The molecular formula is C19H22N6O4. The van der Waals surface area contributed by atoms with Crippen LogP contribution in [0.1, 0.15) is 29.8 Å². The van der Waals surface area contributed by atoms with Gasteiger partial charge in [-0.15, -0.1) is 0 Å². The molecule has 0 aliphatic carbocycles. The van der Waals surface area contributed by atoms with Crippen molar-refractivity contribution >= 4 is 11.7 Å². The highest BCUT2D eigenvalue weighted by molar-refractivity contribution is 6.00. The van der Waals surface area contributed by atoms with Gasteiger partial charge in [-0.3, -0.25) is 9.63 Å². The second kappa shape index (κ2) is 8.40. The van der Waals surface area contributed by atoms with E-state index in [-0.39, 0.29) is 35.8 Å². The molecule has 0 unspecified atom stereocenters. The Morgan fingerprint density at radius 2 is 2.21 bits per heavy atom. The highest BCUT2D eigenvalue weighted by atomic mass is 16.7. The van der Waals surface area contributed by atoms with Gasteiger partial charge in [0, 0.05) is 18.7 Å². The Hall–Kier alpha value is -3.26. The van der Waals surface area contributed by atoms with Crippen LogP contribution in [0.4, 0.5) is 5.82 Å². The molecule has 10 heteroatoms. The van der Waals surface area contributed by atoms with Gasteiger partial charge in [-0.2, -0.15) is 10.2 Å². The number of nitrogens with zero attached hydrogens (tertiary/aromatic N) is 3. The molecule has 10 nitrogen and oxygen atoms in total. The number of ether oxygens (including phenoxy) is 1. The van der Waals surface area contributed by atoms with Crippen LogP contribution in [-0.4, -0.2) is 52.4 Å². The van der Waals surface area contributed by atoms with Gasteiger partial charge in [0.2, 0.25) is 5.88 Å². The molecule has 5 N–H and O–H groups in total. The Morgan fingerprint density at radius 3 is 2.83 bits per heavy atom. The van der Waals surface area contributed by atoms with Crippen LogP contribution in [-0.2, 0) is 4.84 Å². The molecule has 2 aromatic rings. The van der Waals surface area contributed by atoms with Crippen molar-refractivity contribution in [3.05, 3.63) is 35.4 Å². The van der Waals surface area contributed by atoms with E-state index in [9.17, 15) is 9.90 Å². The number of aromatic nitrogens is 2. The van der Waals surface area contributed by atoms with E-state index in [1.54, 1.807) is 38.1 Å². The van der Waals surface area contributed by atoms with Gasteiger partial charge in [0.05, 0.1) is 17.2 Å². The summed E-state index contributed by atoms with van der Waals surface area (Å²) in [6.45, 7) is 4.18. The van der Waals surface area contributed by atoms with E-state index < -0.39 is 11.5 Å². The topological polar surface area (TPSA) is 155 Å². The summed E-state index contributed by atoms with van der Waals surface area (Å²) in [5, 5.41) is 21.9.